The molecule has 0 radical (unpaired) electrons. The minimum absolute atomic E-state index is 0.0390. The number of aromatic nitrogens is 1. The minimum atomic E-state index is -4.12. The number of rotatable bonds is 6. The zero-order valence-corrected chi connectivity index (χ0v) is 20.8. The molecule has 0 unspecified atom stereocenters. The van der Waals surface area contributed by atoms with Crippen LogP contribution in [0, 0.1) is 20.8 Å². The zero-order valence-electron chi connectivity index (χ0n) is 20.0. The van der Waals surface area contributed by atoms with Crippen LogP contribution in [-0.2, 0) is 21.2 Å². The van der Waals surface area contributed by atoms with E-state index in [2.05, 4.69) is 5.32 Å². The summed E-state index contributed by atoms with van der Waals surface area (Å²) in [5.74, 6) is 0.215. The van der Waals surface area contributed by atoms with Crippen molar-refractivity contribution in [3.05, 3.63) is 93.8 Å². The second kappa shape index (κ2) is 9.38. The van der Waals surface area contributed by atoms with Crippen LogP contribution in [0.25, 0.3) is 10.9 Å². The third kappa shape index (κ3) is 4.83. The molecule has 0 fully saturated rings. The van der Waals surface area contributed by atoms with Crippen LogP contribution < -0.4 is 15.5 Å². The topological polar surface area (TPSA) is 94.5 Å². The quantitative estimate of drug-likeness (QED) is 0.432. The monoisotopic (exact) mass is 490 g/mol. The molecule has 0 bridgehead atoms. The number of amides is 1. The van der Waals surface area contributed by atoms with Gasteiger partial charge in [0.2, 0.25) is 21.2 Å². The summed E-state index contributed by atoms with van der Waals surface area (Å²) in [7, 11) is -2.59. The van der Waals surface area contributed by atoms with Crippen molar-refractivity contribution in [2.24, 2.45) is 0 Å². The molecule has 35 heavy (non-hydrogen) atoms. The number of sulfone groups is 1. The largest absolute Gasteiger partial charge is 0.497 e. The lowest BCUT2D eigenvalue weighted by molar-refractivity contribution is -0.116. The molecule has 0 aliphatic heterocycles. The maximum absolute atomic E-state index is 13.5. The van der Waals surface area contributed by atoms with Crippen LogP contribution in [0.3, 0.4) is 0 Å². The normalized spacial score (nSPS) is 11.4. The Balaban J connectivity index is 1.81. The summed E-state index contributed by atoms with van der Waals surface area (Å²) in [5.41, 5.74) is 2.98. The summed E-state index contributed by atoms with van der Waals surface area (Å²) in [5, 5.41) is 3.03. The van der Waals surface area contributed by atoms with Crippen molar-refractivity contribution < 1.29 is 17.9 Å². The molecular weight excluding hydrogens is 464 g/mol. The minimum Gasteiger partial charge on any atom is -0.497 e. The maximum Gasteiger partial charge on any atom is 0.244 e. The number of anilines is 1. The average Bonchev–Trinajstić information content (AvgIpc) is 2.82. The molecule has 0 aliphatic rings. The standard InChI is InChI=1S/C27H26N2O5S/c1-17-8-11-24-23(12-17)27(31)25(35(32,33)22-10-9-18(2)19(3)13-22)15-29(24)16-26(30)28-20-6-5-7-21(14-20)34-4/h5-15H,16H2,1-4H3,(H,28,30). The third-order valence-corrected chi connectivity index (χ3v) is 7.69. The van der Waals surface area contributed by atoms with Crippen LogP contribution in [0.4, 0.5) is 5.69 Å². The number of fused-ring (bicyclic) bond motifs is 1. The van der Waals surface area contributed by atoms with E-state index in [1.807, 2.05) is 26.8 Å². The summed E-state index contributed by atoms with van der Waals surface area (Å²) in [6.45, 7) is 5.34. The number of carbonyl (C=O) groups excluding carboxylic acids is 1. The highest BCUT2D eigenvalue weighted by Gasteiger charge is 2.25. The number of benzene rings is 3. The fraction of sp³-hybridized carbons (Fsp3) is 0.185. The smallest absolute Gasteiger partial charge is 0.244 e. The molecule has 1 amide bonds. The van der Waals surface area contributed by atoms with E-state index >= 15 is 0 Å². The lowest BCUT2D eigenvalue weighted by atomic mass is 10.1. The highest BCUT2D eigenvalue weighted by molar-refractivity contribution is 7.91. The Bertz CT molecular complexity index is 1620. The van der Waals surface area contributed by atoms with Crippen LogP contribution in [0.15, 0.2) is 81.4 Å². The molecule has 180 valence electrons. The van der Waals surface area contributed by atoms with Gasteiger partial charge in [-0.2, -0.15) is 0 Å². The molecule has 3 aromatic carbocycles. The highest BCUT2D eigenvalue weighted by Crippen LogP contribution is 2.24. The average molecular weight is 491 g/mol. The van der Waals surface area contributed by atoms with Gasteiger partial charge in [-0.3, -0.25) is 9.59 Å². The number of hydrogen-bond acceptors (Lipinski definition) is 5. The Hall–Kier alpha value is -3.91. The lowest BCUT2D eigenvalue weighted by Crippen LogP contribution is -2.24. The van der Waals surface area contributed by atoms with Gasteiger partial charge < -0.3 is 14.6 Å². The number of carbonyl (C=O) groups is 1. The first kappa shape index (κ1) is 24.2. The Labute approximate surface area is 203 Å². The van der Waals surface area contributed by atoms with Crippen LogP contribution in [0.1, 0.15) is 16.7 Å². The first-order valence-corrected chi connectivity index (χ1v) is 12.5. The van der Waals surface area contributed by atoms with Crippen LogP contribution in [-0.4, -0.2) is 26.0 Å². The Kier molecular flexibility index (Phi) is 6.49. The van der Waals surface area contributed by atoms with E-state index in [1.165, 1.54) is 23.9 Å². The molecule has 1 heterocycles. The van der Waals surface area contributed by atoms with E-state index in [-0.39, 0.29) is 27.6 Å². The second-order valence-electron chi connectivity index (χ2n) is 8.50. The number of nitrogens with one attached hydrogen (secondary N) is 1. The lowest BCUT2D eigenvalue weighted by Gasteiger charge is -2.15. The molecule has 1 N–H and O–H groups in total. The van der Waals surface area contributed by atoms with Crippen molar-refractivity contribution in [2.75, 3.05) is 12.4 Å². The number of ether oxygens (including phenoxy) is 1. The number of methoxy groups -OCH3 is 1. The maximum atomic E-state index is 13.5. The van der Waals surface area contributed by atoms with E-state index in [0.29, 0.717) is 17.0 Å². The van der Waals surface area contributed by atoms with Crippen molar-refractivity contribution in [3.8, 4) is 5.75 Å². The number of nitrogens with zero attached hydrogens (tertiary/aromatic N) is 1. The summed E-state index contributed by atoms with van der Waals surface area (Å²) >= 11 is 0. The van der Waals surface area contributed by atoms with Gasteiger partial charge in [-0.1, -0.05) is 23.8 Å². The van der Waals surface area contributed by atoms with Gasteiger partial charge in [-0.25, -0.2) is 8.42 Å². The van der Waals surface area contributed by atoms with Crippen molar-refractivity contribution in [3.63, 3.8) is 0 Å². The molecule has 0 aliphatic carbocycles. The van der Waals surface area contributed by atoms with Gasteiger partial charge in [-0.15, -0.1) is 0 Å². The molecule has 4 rings (SSSR count). The first-order chi connectivity index (χ1) is 16.6. The van der Waals surface area contributed by atoms with Crippen LogP contribution in [0.5, 0.6) is 5.75 Å². The van der Waals surface area contributed by atoms with Crippen molar-refractivity contribution in [1.82, 2.24) is 4.57 Å². The van der Waals surface area contributed by atoms with E-state index in [1.54, 1.807) is 48.5 Å². The van der Waals surface area contributed by atoms with Gasteiger partial charge in [0.05, 0.1) is 17.5 Å². The van der Waals surface area contributed by atoms with Crippen molar-refractivity contribution >= 4 is 32.3 Å². The zero-order chi connectivity index (χ0) is 25.3. The molecule has 0 atom stereocenters. The molecule has 0 spiro atoms. The van der Waals surface area contributed by atoms with Crippen LogP contribution >= 0.6 is 0 Å². The predicted molar refractivity (Wildman–Crippen MR) is 136 cm³/mol. The fourth-order valence-electron chi connectivity index (χ4n) is 3.87. The molecular formula is C27H26N2O5S. The highest BCUT2D eigenvalue weighted by atomic mass is 32.2. The first-order valence-electron chi connectivity index (χ1n) is 11.0. The molecule has 7 nitrogen and oxygen atoms in total. The van der Waals surface area contributed by atoms with Gasteiger partial charge in [-0.05, 0) is 68.3 Å². The van der Waals surface area contributed by atoms with E-state index in [4.69, 9.17) is 4.74 Å². The van der Waals surface area contributed by atoms with Crippen LogP contribution in [0.2, 0.25) is 0 Å². The van der Waals surface area contributed by atoms with E-state index in [0.717, 1.165) is 16.7 Å². The van der Waals surface area contributed by atoms with Gasteiger partial charge in [0.15, 0.2) is 0 Å². The van der Waals surface area contributed by atoms with Gasteiger partial charge in [0.25, 0.3) is 0 Å². The van der Waals surface area contributed by atoms with Crippen molar-refractivity contribution in [2.45, 2.75) is 37.1 Å². The molecule has 1 aromatic heterocycles. The predicted octanol–water partition coefficient (Wildman–Crippen LogP) is 4.41. The SMILES string of the molecule is COc1cccc(NC(=O)Cn2cc(S(=O)(=O)c3ccc(C)c(C)c3)c(=O)c3cc(C)ccc32)c1. The van der Waals surface area contributed by atoms with E-state index < -0.39 is 15.3 Å². The molecule has 8 heteroatoms. The van der Waals surface area contributed by atoms with Gasteiger partial charge >= 0.3 is 0 Å². The Morgan fingerprint density at radius 2 is 1.74 bits per heavy atom. The summed E-state index contributed by atoms with van der Waals surface area (Å²) in [4.78, 5) is 25.9. The summed E-state index contributed by atoms with van der Waals surface area (Å²) < 4.78 is 33.7. The molecule has 4 aromatic rings. The number of pyridine rings is 1. The molecule has 0 saturated carbocycles. The van der Waals surface area contributed by atoms with Gasteiger partial charge in [0, 0.05) is 23.3 Å². The van der Waals surface area contributed by atoms with Crippen molar-refractivity contribution in [1.29, 1.82) is 0 Å². The summed E-state index contributed by atoms with van der Waals surface area (Å²) in [6, 6.07) is 16.9. The number of hydrogen-bond donors (Lipinski definition) is 1. The third-order valence-electron chi connectivity index (χ3n) is 5.95. The Morgan fingerprint density at radius 3 is 2.46 bits per heavy atom. The fourth-order valence-corrected chi connectivity index (χ4v) is 5.32. The Morgan fingerprint density at radius 1 is 0.971 bits per heavy atom. The van der Waals surface area contributed by atoms with Gasteiger partial charge in [0.1, 0.15) is 17.2 Å². The molecule has 0 saturated heterocycles. The second-order valence-corrected chi connectivity index (χ2v) is 10.4. The number of aryl methyl sites for hydroxylation is 3. The van der Waals surface area contributed by atoms with E-state index in [9.17, 15) is 18.0 Å². The summed E-state index contributed by atoms with van der Waals surface area (Å²) in [6.07, 6.45) is 1.26.